The first-order chi connectivity index (χ1) is 26.0. The van der Waals surface area contributed by atoms with E-state index in [2.05, 4.69) is 78.6 Å². The van der Waals surface area contributed by atoms with E-state index in [1.165, 1.54) is 37.8 Å². The van der Waals surface area contributed by atoms with Gasteiger partial charge in [0.15, 0.2) is 5.82 Å². The molecule has 0 aliphatic carbocycles. The first kappa shape index (κ1) is 37.3. The van der Waals surface area contributed by atoms with Crippen LogP contribution in [0.4, 0.5) is 17.3 Å². The number of unbranched alkanes of at least 4 members (excludes halogenated alkanes) is 6. The van der Waals surface area contributed by atoms with Crippen molar-refractivity contribution >= 4 is 23.2 Å². The van der Waals surface area contributed by atoms with Gasteiger partial charge in [-0.05, 0) is 60.3 Å². The molecule has 276 valence electrons. The van der Waals surface area contributed by atoms with Crippen LogP contribution in [0, 0.1) is 0 Å². The minimum Gasteiger partial charge on any atom is -0.470 e. The quantitative estimate of drug-likeness (QED) is 0.0793. The molecule has 1 fully saturated rings. The second-order valence-electron chi connectivity index (χ2n) is 13.7. The number of aromatic nitrogens is 3. The molecule has 5 N–H and O–H groups in total. The van der Waals surface area contributed by atoms with Gasteiger partial charge in [0.25, 0.3) is 5.88 Å². The lowest BCUT2D eigenvalue weighted by Crippen LogP contribution is -2.46. The number of rotatable bonds is 18. The van der Waals surface area contributed by atoms with Crippen LogP contribution in [-0.4, -0.2) is 58.5 Å². The van der Waals surface area contributed by atoms with E-state index in [-0.39, 0.29) is 24.4 Å². The number of ether oxygens (including phenoxy) is 1. The molecular formula is C43H52N8O2. The highest BCUT2D eigenvalue weighted by Gasteiger charge is 2.18. The predicted molar refractivity (Wildman–Crippen MR) is 213 cm³/mol. The van der Waals surface area contributed by atoms with Gasteiger partial charge in [-0.25, -0.2) is 15.0 Å². The lowest BCUT2D eigenvalue weighted by molar-refractivity contribution is -0.121. The largest absolute Gasteiger partial charge is 0.470 e. The maximum absolute atomic E-state index is 12.8. The van der Waals surface area contributed by atoms with Gasteiger partial charge in [0.05, 0.1) is 17.9 Å². The maximum atomic E-state index is 12.8. The molecule has 10 nitrogen and oxygen atoms in total. The van der Waals surface area contributed by atoms with Crippen LogP contribution in [0.25, 0.3) is 11.3 Å². The molecule has 1 amide bonds. The molecule has 53 heavy (non-hydrogen) atoms. The lowest BCUT2D eigenvalue weighted by Gasteiger charge is -2.36. The third kappa shape index (κ3) is 11.3. The molecule has 1 aliphatic heterocycles. The number of hydrogen-bond acceptors (Lipinski definition) is 9. The zero-order valence-corrected chi connectivity index (χ0v) is 30.6. The van der Waals surface area contributed by atoms with E-state index in [1.807, 2.05) is 42.5 Å². The van der Waals surface area contributed by atoms with Crippen molar-refractivity contribution in [2.24, 2.45) is 0 Å². The topological polar surface area (TPSA) is 136 Å². The Balaban J connectivity index is 0.833. The van der Waals surface area contributed by atoms with E-state index in [4.69, 9.17) is 16.2 Å². The average Bonchev–Trinajstić information content (AvgIpc) is 3.20. The van der Waals surface area contributed by atoms with E-state index in [9.17, 15) is 4.79 Å². The van der Waals surface area contributed by atoms with Gasteiger partial charge in [-0.15, -0.1) is 0 Å². The molecule has 3 heterocycles. The van der Waals surface area contributed by atoms with Crippen LogP contribution in [-0.2, 0) is 11.4 Å². The molecule has 3 aromatic carbocycles. The Kier molecular flexibility index (Phi) is 13.6. The van der Waals surface area contributed by atoms with Crippen molar-refractivity contribution in [1.82, 2.24) is 25.2 Å². The van der Waals surface area contributed by atoms with Crippen LogP contribution in [0.15, 0.2) is 109 Å². The summed E-state index contributed by atoms with van der Waals surface area (Å²) in [5.41, 5.74) is 17.8. The number of carbonyl (C=O) groups is 1. The highest BCUT2D eigenvalue weighted by atomic mass is 16.5. The number of nitrogens with zero attached hydrogens (tertiary/aromatic N) is 5. The molecule has 0 saturated carbocycles. The van der Waals surface area contributed by atoms with E-state index in [0.29, 0.717) is 23.8 Å². The molecule has 0 spiro atoms. The van der Waals surface area contributed by atoms with Gasteiger partial charge in [-0.3, -0.25) is 9.69 Å². The Morgan fingerprint density at radius 3 is 2.06 bits per heavy atom. The van der Waals surface area contributed by atoms with Crippen molar-refractivity contribution < 1.29 is 9.53 Å². The monoisotopic (exact) mass is 712 g/mol. The predicted octanol–water partition coefficient (Wildman–Crippen LogP) is 7.43. The number of nitrogens with one attached hydrogen (secondary N) is 1. The number of anilines is 3. The van der Waals surface area contributed by atoms with Gasteiger partial charge in [-0.1, -0.05) is 105 Å². The van der Waals surface area contributed by atoms with E-state index >= 15 is 0 Å². The number of amides is 1. The fraction of sp³-hybridized carbons (Fsp3) is 0.349. The molecule has 6 rings (SSSR count). The summed E-state index contributed by atoms with van der Waals surface area (Å²) in [6.45, 7) is 5.62. The SMILES string of the molecule is Nc1cc(COc2nc(-c3ccc(N4CCN(CCCCCCCCCC(=O)NC(c5ccccc5)c5ccccc5)CC4)cc3)cnc2N)ccn1. The highest BCUT2D eigenvalue weighted by Crippen LogP contribution is 2.27. The van der Waals surface area contributed by atoms with E-state index in [1.54, 1.807) is 18.5 Å². The zero-order chi connectivity index (χ0) is 36.7. The fourth-order valence-electron chi connectivity index (χ4n) is 6.82. The number of nitrogen functional groups attached to an aromatic ring is 2. The molecule has 0 atom stereocenters. The van der Waals surface area contributed by atoms with Crippen LogP contribution in [0.1, 0.15) is 74.1 Å². The standard InChI is InChI=1S/C43H52N8O2/c44-39-30-33(23-24-46-39)32-53-43-42(45)47-31-38(48-43)34-19-21-37(22-20-34)51-28-26-50(27-29-51)25-13-5-3-1-2-4-12-18-40(52)49-41(35-14-8-6-9-15-35)36-16-10-7-11-17-36/h6-11,14-17,19-24,30-31,41H,1-5,12-13,18,25-29,32H2,(H2,44,46)(H2,45,47)(H,49,52). The third-order valence-corrected chi connectivity index (χ3v) is 9.84. The maximum Gasteiger partial charge on any atom is 0.258 e. The summed E-state index contributed by atoms with van der Waals surface area (Å²) in [5.74, 6) is 1.10. The summed E-state index contributed by atoms with van der Waals surface area (Å²) in [4.78, 5) is 30.8. The highest BCUT2D eigenvalue weighted by molar-refractivity contribution is 5.77. The Morgan fingerprint density at radius 1 is 0.755 bits per heavy atom. The summed E-state index contributed by atoms with van der Waals surface area (Å²) < 4.78 is 5.86. The summed E-state index contributed by atoms with van der Waals surface area (Å²) in [7, 11) is 0. The Morgan fingerprint density at radius 2 is 1.40 bits per heavy atom. The van der Waals surface area contributed by atoms with Crippen LogP contribution in [0.2, 0.25) is 0 Å². The zero-order valence-electron chi connectivity index (χ0n) is 30.6. The van der Waals surface area contributed by atoms with Gasteiger partial charge in [0.1, 0.15) is 12.4 Å². The number of benzene rings is 3. The van der Waals surface area contributed by atoms with Gasteiger partial charge in [-0.2, -0.15) is 0 Å². The smallest absolute Gasteiger partial charge is 0.258 e. The third-order valence-electron chi connectivity index (χ3n) is 9.84. The Labute approximate surface area is 313 Å². The number of hydrogen-bond donors (Lipinski definition) is 3. The van der Waals surface area contributed by atoms with Crippen LogP contribution >= 0.6 is 0 Å². The molecule has 0 unspecified atom stereocenters. The molecule has 1 saturated heterocycles. The number of piperazine rings is 1. The molecule has 0 bridgehead atoms. The first-order valence-corrected chi connectivity index (χ1v) is 18.9. The molecule has 10 heteroatoms. The normalized spacial score (nSPS) is 13.3. The number of pyridine rings is 1. The summed E-state index contributed by atoms with van der Waals surface area (Å²) in [5, 5.41) is 3.27. The van der Waals surface area contributed by atoms with Crippen LogP contribution < -0.4 is 26.4 Å². The van der Waals surface area contributed by atoms with Gasteiger partial charge in [0, 0.05) is 50.0 Å². The second kappa shape index (κ2) is 19.4. The number of nitrogens with two attached hydrogens (primary N) is 2. The van der Waals surface area contributed by atoms with Crippen molar-refractivity contribution in [3.63, 3.8) is 0 Å². The van der Waals surface area contributed by atoms with Crippen molar-refractivity contribution in [2.45, 2.75) is 64.0 Å². The fourth-order valence-corrected chi connectivity index (χ4v) is 6.82. The molecular weight excluding hydrogens is 661 g/mol. The van der Waals surface area contributed by atoms with Gasteiger partial charge >= 0.3 is 0 Å². The lowest BCUT2D eigenvalue weighted by atomic mass is 9.98. The van der Waals surface area contributed by atoms with Crippen molar-refractivity contribution in [2.75, 3.05) is 49.1 Å². The first-order valence-electron chi connectivity index (χ1n) is 18.9. The van der Waals surface area contributed by atoms with Gasteiger partial charge in [0.2, 0.25) is 5.91 Å². The average molecular weight is 713 g/mol. The Bertz CT molecular complexity index is 1810. The molecule has 0 radical (unpaired) electrons. The molecule has 2 aromatic heterocycles. The number of carbonyl (C=O) groups excluding carboxylic acids is 1. The summed E-state index contributed by atoms with van der Waals surface area (Å²) in [6.07, 6.45) is 12.1. The van der Waals surface area contributed by atoms with Crippen LogP contribution in [0.5, 0.6) is 5.88 Å². The van der Waals surface area contributed by atoms with Gasteiger partial charge < -0.3 is 26.4 Å². The van der Waals surface area contributed by atoms with E-state index in [0.717, 1.165) is 67.8 Å². The van der Waals surface area contributed by atoms with Crippen molar-refractivity contribution in [3.05, 3.63) is 126 Å². The van der Waals surface area contributed by atoms with E-state index < -0.39 is 0 Å². The minimum atomic E-state index is -0.113. The molecule has 1 aliphatic rings. The summed E-state index contributed by atoms with van der Waals surface area (Å²) in [6, 6.07) is 32.4. The molecule has 5 aromatic rings. The minimum absolute atomic E-state index is 0.113. The van der Waals surface area contributed by atoms with Crippen LogP contribution in [0.3, 0.4) is 0 Å². The van der Waals surface area contributed by atoms with Crippen molar-refractivity contribution in [1.29, 1.82) is 0 Å². The summed E-state index contributed by atoms with van der Waals surface area (Å²) >= 11 is 0. The Hall–Kier alpha value is -5.48. The van der Waals surface area contributed by atoms with Crippen molar-refractivity contribution in [3.8, 4) is 17.1 Å². The second-order valence-corrected chi connectivity index (χ2v) is 13.7.